The zero-order valence-electron chi connectivity index (χ0n) is 11.4. The minimum atomic E-state index is -4.66. The number of H-pyrrole nitrogens is 1. The van der Waals surface area contributed by atoms with Gasteiger partial charge in [-0.3, -0.25) is 14.3 Å². The van der Waals surface area contributed by atoms with Crippen LogP contribution in [0.5, 0.6) is 0 Å². The summed E-state index contributed by atoms with van der Waals surface area (Å²) in [5, 5.41) is 28.4. The molecule has 4 atom stereocenters. The van der Waals surface area contributed by atoms with Crippen molar-refractivity contribution in [3.05, 3.63) is 38.7 Å². The lowest BCUT2D eigenvalue weighted by Gasteiger charge is -2.17. The molecule has 11 heteroatoms. The first-order chi connectivity index (χ1) is 10.6. The highest BCUT2D eigenvalue weighted by Gasteiger charge is 2.43. The first kappa shape index (κ1) is 17.4. The van der Waals surface area contributed by atoms with Gasteiger partial charge in [0.15, 0.2) is 6.23 Å². The number of rotatable bonds is 3. The van der Waals surface area contributed by atoms with Gasteiger partial charge in [0, 0.05) is 12.3 Å². The number of nitrogens with zero attached hydrogens (tertiary/aromatic N) is 1. The van der Waals surface area contributed by atoms with Crippen molar-refractivity contribution in [3.8, 4) is 0 Å². The van der Waals surface area contributed by atoms with Gasteiger partial charge in [-0.25, -0.2) is 4.79 Å². The van der Waals surface area contributed by atoms with Crippen LogP contribution in [0, 0.1) is 0 Å². The van der Waals surface area contributed by atoms with E-state index in [0.717, 1.165) is 6.20 Å². The molecule has 0 saturated carbocycles. The minimum absolute atomic E-state index is 0.191. The van der Waals surface area contributed by atoms with Crippen molar-refractivity contribution in [3.63, 3.8) is 0 Å². The van der Waals surface area contributed by atoms with Crippen LogP contribution in [0.4, 0.5) is 13.2 Å². The van der Waals surface area contributed by atoms with Gasteiger partial charge in [0.05, 0.1) is 12.2 Å². The van der Waals surface area contributed by atoms with E-state index in [-0.39, 0.29) is 6.08 Å². The van der Waals surface area contributed by atoms with E-state index >= 15 is 0 Å². The number of hydrogen-bond donors (Lipinski definition) is 4. The maximum Gasteiger partial charge on any atom is 0.409 e. The molecule has 0 spiro atoms. The van der Waals surface area contributed by atoms with Crippen molar-refractivity contribution >= 4 is 6.08 Å². The van der Waals surface area contributed by atoms with E-state index in [1.807, 2.05) is 0 Å². The number of nitrogens with one attached hydrogen (secondary N) is 1. The predicted molar refractivity (Wildman–Crippen MR) is 69.4 cm³/mol. The molecular formula is C12H13F3N2O6. The fourth-order valence-corrected chi connectivity index (χ4v) is 2.10. The number of allylic oxidation sites excluding steroid dienone is 1. The fraction of sp³-hybridized carbons (Fsp3) is 0.500. The van der Waals surface area contributed by atoms with E-state index in [4.69, 9.17) is 9.84 Å². The molecule has 1 saturated heterocycles. The maximum atomic E-state index is 12.2. The Balaban J connectivity index is 2.42. The number of hydrogen-bond acceptors (Lipinski definition) is 6. The van der Waals surface area contributed by atoms with Crippen molar-refractivity contribution in [2.75, 3.05) is 6.61 Å². The van der Waals surface area contributed by atoms with Crippen LogP contribution in [0.25, 0.3) is 6.08 Å². The van der Waals surface area contributed by atoms with Gasteiger partial charge in [-0.15, -0.1) is 0 Å². The molecule has 2 rings (SSSR count). The van der Waals surface area contributed by atoms with Gasteiger partial charge < -0.3 is 20.1 Å². The molecule has 0 bridgehead atoms. The molecule has 1 fully saturated rings. The van der Waals surface area contributed by atoms with Gasteiger partial charge in [0.1, 0.15) is 18.3 Å². The van der Waals surface area contributed by atoms with E-state index < -0.39 is 54.1 Å². The Labute approximate surface area is 126 Å². The molecule has 23 heavy (non-hydrogen) atoms. The van der Waals surface area contributed by atoms with Gasteiger partial charge >= 0.3 is 11.9 Å². The lowest BCUT2D eigenvalue weighted by molar-refractivity contribution is -0.0790. The second-order valence-electron chi connectivity index (χ2n) is 4.85. The van der Waals surface area contributed by atoms with Crippen molar-refractivity contribution in [1.82, 2.24) is 9.55 Å². The Morgan fingerprint density at radius 1 is 1.30 bits per heavy atom. The van der Waals surface area contributed by atoms with E-state index in [2.05, 4.69) is 0 Å². The summed E-state index contributed by atoms with van der Waals surface area (Å²) in [6.45, 7) is -0.645. The Morgan fingerprint density at radius 3 is 2.48 bits per heavy atom. The van der Waals surface area contributed by atoms with Crippen LogP contribution in [0.15, 0.2) is 21.9 Å². The first-order valence-electron chi connectivity index (χ1n) is 6.38. The average molecular weight is 338 g/mol. The lowest BCUT2D eigenvalue weighted by Crippen LogP contribution is -2.38. The second-order valence-corrected chi connectivity index (χ2v) is 4.85. The summed E-state index contributed by atoms with van der Waals surface area (Å²) in [6, 6.07) is 0. The lowest BCUT2D eigenvalue weighted by atomic mass is 10.1. The normalized spacial score (nSPS) is 28.6. The monoisotopic (exact) mass is 338 g/mol. The molecule has 2 heterocycles. The second kappa shape index (κ2) is 6.28. The third kappa shape index (κ3) is 3.69. The zero-order chi connectivity index (χ0) is 17.4. The van der Waals surface area contributed by atoms with Crippen molar-refractivity contribution in [1.29, 1.82) is 0 Å². The van der Waals surface area contributed by atoms with Gasteiger partial charge in [-0.2, -0.15) is 13.2 Å². The van der Waals surface area contributed by atoms with Crippen molar-refractivity contribution in [2.24, 2.45) is 0 Å². The number of ether oxygens (including phenoxy) is 1. The van der Waals surface area contributed by atoms with E-state index in [9.17, 15) is 33.0 Å². The van der Waals surface area contributed by atoms with Crippen LogP contribution in [-0.4, -0.2) is 56.0 Å². The SMILES string of the molecule is O=c1[nH]c(=O)n([C@@H]2O[C@H](CO)[C@@H](O)[C@@H]2O)cc1/C=C/C(F)(F)F. The molecule has 0 aromatic carbocycles. The quantitative estimate of drug-likeness (QED) is 0.544. The van der Waals surface area contributed by atoms with Crippen molar-refractivity contribution < 1.29 is 33.2 Å². The highest BCUT2D eigenvalue weighted by molar-refractivity contribution is 5.47. The number of aromatic nitrogens is 2. The fourth-order valence-electron chi connectivity index (χ4n) is 2.10. The van der Waals surface area contributed by atoms with Crippen LogP contribution in [0.1, 0.15) is 11.8 Å². The number of aliphatic hydroxyl groups is 3. The minimum Gasteiger partial charge on any atom is -0.394 e. The van der Waals surface area contributed by atoms with Crippen LogP contribution in [-0.2, 0) is 4.74 Å². The number of alkyl halides is 3. The summed E-state index contributed by atoms with van der Waals surface area (Å²) in [4.78, 5) is 25.1. The van der Waals surface area contributed by atoms with Crippen LogP contribution in [0.2, 0.25) is 0 Å². The third-order valence-corrected chi connectivity index (χ3v) is 3.24. The summed E-state index contributed by atoms with van der Waals surface area (Å²) < 4.78 is 42.2. The summed E-state index contributed by atoms with van der Waals surface area (Å²) in [7, 11) is 0. The number of halogens is 3. The van der Waals surface area contributed by atoms with Crippen molar-refractivity contribution in [2.45, 2.75) is 30.7 Å². The van der Waals surface area contributed by atoms with E-state index in [1.54, 1.807) is 4.98 Å². The first-order valence-corrected chi connectivity index (χ1v) is 6.38. The van der Waals surface area contributed by atoms with E-state index in [1.165, 1.54) is 0 Å². The van der Waals surface area contributed by atoms with Gasteiger partial charge in [-0.05, 0) is 6.08 Å². The van der Waals surface area contributed by atoms with Gasteiger partial charge in [0.25, 0.3) is 5.56 Å². The molecule has 1 aliphatic rings. The molecule has 8 nitrogen and oxygen atoms in total. The molecule has 0 unspecified atom stereocenters. The summed E-state index contributed by atoms with van der Waals surface area (Å²) in [5.74, 6) is 0. The van der Waals surface area contributed by atoms with Crippen LogP contribution >= 0.6 is 0 Å². The van der Waals surface area contributed by atoms with Crippen LogP contribution in [0.3, 0.4) is 0 Å². The zero-order valence-corrected chi connectivity index (χ0v) is 11.4. The van der Waals surface area contributed by atoms with Crippen LogP contribution < -0.4 is 11.2 Å². The molecule has 128 valence electrons. The predicted octanol–water partition coefficient (Wildman–Crippen LogP) is -1.28. The Bertz CT molecular complexity index is 710. The van der Waals surface area contributed by atoms with Gasteiger partial charge in [0.2, 0.25) is 0 Å². The summed E-state index contributed by atoms with van der Waals surface area (Å²) >= 11 is 0. The average Bonchev–Trinajstić information content (AvgIpc) is 2.73. The Kier molecular flexibility index (Phi) is 4.75. The topological polar surface area (TPSA) is 125 Å². The summed E-state index contributed by atoms with van der Waals surface area (Å²) in [6.07, 6.45) is -9.39. The molecule has 4 N–H and O–H groups in total. The molecule has 0 aliphatic carbocycles. The molecule has 1 aliphatic heterocycles. The molecule has 1 aromatic rings. The smallest absolute Gasteiger partial charge is 0.394 e. The standard InChI is InChI=1S/C12H13F3N2O6/c13-12(14,15)2-1-5-3-17(11(22)16-9(5)21)10-8(20)7(19)6(4-18)23-10/h1-3,6-8,10,18-20H,4H2,(H,16,21,22)/b2-1+/t6-,7-,8+,10-/m1/s1. The summed E-state index contributed by atoms with van der Waals surface area (Å²) in [5.41, 5.74) is -2.60. The highest BCUT2D eigenvalue weighted by atomic mass is 19.4. The third-order valence-electron chi connectivity index (χ3n) is 3.24. The largest absolute Gasteiger partial charge is 0.409 e. The highest BCUT2D eigenvalue weighted by Crippen LogP contribution is 2.28. The molecule has 0 amide bonds. The molecule has 0 radical (unpaired) electrons. The number of aliphatic hydroxyl groups excluding tert-OH is 3. The van der Waals surface area contributed by atoms with E-state index in [0.29, 0.717) is 10.6 Å². The Morgan fingerprint density at radius 2 is 1.96 bits per heavy atom. The molecule has 1 aromatic heterocycles. The Hall–Kier alpha value is -1.95. The van der Waals surface area contributed by atoms with Gasteiger partial charge in [-0.1, -0.05) is 0 Å². The molecular weight excluding hydrogens is 325 g/mol. The maximum absolute atomic E-state index is 12.2. The number of aromatic amines is 1.